The summed E-state index contributed by atoms with van der Waals surface area (Å²) in [5.74, 6) is 0. The molecule has 0 amide bonds. The average molecular weight is 240 g/mol. The van der Waals surface area contributed by atoms with Gasteiger partial charge in [-0.25, -0.2) is 0 Å². The first kappa shape index (κ1) is 12.4. The largest absolute Gasteiger partial charge is 0.276 e. The molecule has 0 heterocycles. The third-order valence-corrected chi connectivity index (χ3v) is 2.07. The molecule has 0 radical (unpaired) electrons. The summed E-state index contributed by atoms with van der Waals surface area (Å²) in [4.78, 5) is 20.4. The van der Waals surface area contributed by atoms with Crippen molar-refractivity contribution in [3.05, 3.63) is 51.6 Å². The first-order valence-corrected chi connectivity index (χ1v) is 5.04. The van der Waals surface area contributed by atoms with Crippen LogP contribution in [0.2, 0.25) is 0 Å². The van der Waals surface area contributed by atoms with Crippen LogP contribution in [0.5, 0.6) is 0 Å². The summed E-state index contributed by atoms with van der Waals surface area (Å²) >= 11 is 5.16. The second kappa shape index (κ2) is 6.02. The molecule has 0 atom stereocenters. The zero-order chi connectivity index (χ0) is 12.0. The Morgan fingerprint density at radius 1 is 1.50 bits per heavy atom. The first-order valence-electron chi connectivity index (χ1n) is 4.66. The highest BCUT2D eigenvalue weighted by Gasteiger charge is 2.00. The number of carbonyl (C=O) groups is 1. The molecule has 0 spiro atoms. The fourth-order valence-corrected chi connectivity index (χ4v) is 1.30. The van der Waals surface area contributed by atoms with Crippen LogP contribution < -0.4 is 0 Å². The van der Waals surface area contributed by atoms with Gasteiger partial charge < -0.3 is 0 Å². The second-order valence-electron chi connectivity index (χ2n) is 3.19. The summed E-state index contributed by atoms with van der Waals surface area (Å²) in [7, 11) is 0. The Labute approximate surface area is 97.7 Å². The van der Waals surface area contributed by atoms with Crippen molar-refractivity contribution in [1.82, 2.24) is 0 Å². The highest BCUT2D eigenvalue weighted by Crippen LogP contribution is 2.08. The molecule has 0 aromatic heterocycles. The van der Waals surface area contributed by atoms with Crippen molar-refractivity contribution in [3.8, 4) is 0 Å². The van der Waals surface area contributed by atoms with Gasteiger partial charge in [0.05, 0.1) is 0 Å². The van der Waals surface area contributed by atoms with Gasteiger partial charge in [-0.2, -0.15) is 0 Å². The predicted octanol–water partition coefficient (Wildman–Crippen LogP) is 2.28. The molecule has 0 saturated carbocycles. The fourth-order valence-electron chi connectivity index (χ4n) is 1.23. The number of hydrogen-bond donors (Lipinski definition) is 0. The Morgan fingerprint density at radius 2 is 2.25 bits per heavy atom. The number of nitrogens with zero attached hydrogens (tertiary/aromatic N) is 1. The first-order chi connectivity index (χ1) is 7.58. The smallest absolute Gasteiger partial charge is 0.245 e. The van der Waals surface area contributed by atoms with Crippen LogP contribution >= 0.6 is 11.6 Å². The molecular formula is C11H10ClNO3. The van der Waals surface area contributed by atoms with Gasteiger partial charge in [0.1, 0.15) is 0 Å². The Kier molecular flexibility index (Phi) is 4.66. The highest BCUT2D eigenvalue weighted by molar-refractivity contribution is 6.66. The van der Waals surface area contributed by atoms with E-state index in [1.54, 1.807) is 24.3 Å². The minimum Gasteiger partial charge on any atom is -0.276 e. The molecule has 5 heteroatoms. The van der Waals surface area contributed by atoms with E-state index in [0.29, 0.717) is 6.42 Å². The van der Waals surface area contributed by atoms with E-state index in [-0.39, 0.29) is 11.5 Å². The highest BCUT2D eigenvalue weighted by atomic mass is 35.5. The lowest BCUT2D eigenvalue weighted by molar-refractivity contribution is -0.479. The maximum Gasteiger partial charge on any atom is 0.245 e. The van der Waals surface area contributed by atoms with Gasteiger partial charge >= 0.3 is 0 Å². The van der Waals surface area contributed by atoms with Gasteiger partial charge in [-0.3, -0.25) is 14.9 Å². The number of hydrogen-bond acceptors (Lipinski definition) is 3. The predicted molar refractivity (Wildman–Crippen MR) is 61.9 cm³/mol. The molecule has 0 fully saturated rings. The standard InChI is InChI=1S/C11H10ClNO3/c12-11(14)5-4-9-2-1-3-10(8-9)6-7-13(15)16/h1-5,8H,6-7H2/b5-4+. The zero-order valence-corrected chi connectivity index (χ0v) is 9.18. The SMILES string of the molecule is O=C(Cl)/C=C/c1cccc(CC[N+](=O)[O-])c1. The third-order valence-electron chi connectivity index (χ3n) is 1.94. The van der Waals surface area contributed by atoms with E-state index < -0.39 is 5.24 Å². The molecule has 1 rings (SSSR count). The molecular weight excluding hydrogens is 230 g/mol. The molecule has 0 saturated heterocycles. The van der Waals surface area contributed by atoms with Crippen molar-refractivity contribution in [2.75, 3.05) is 6.54 Å². The zero-order valence-electron chi connectivity index (χ0n) is 8.43. The molecule has 0 aliphatic rings. The lowest BCUT2D eigenvalue weighted by Crippen LogP contribution is -2.03. The Morgan fingerprint density at radius 3 is 2.88 bits per heavy atom. The van der Waals surface area contributed by atoms with Crippen molar-refractivity contribution in [2.24, 2.45) is 0 Å². The summed E-state index contributed by atoms with van der Waals surface area (Å²) in [5.41, 5.74) is 1.66. The molecule has 1 aromatic rings. The van der Waals surface area contributed by atoms with Crippen molar-refractivity contribution in [1.29, 1.82) is 0 Å². The van der Waals surface area contributed by atoms with Crippen LogP contribution in [0.1, 0.15) is 11.1 Å². The number of allylic oxidation sites excluding steroid dienone is 1. The molecule has 84 valence electrons. The van der Waals surface area contributed by atoms with Gasteiger partial charge in [-0.15, -0.1) is 0 Å². The maximum atomic E-state index is 10.5. The number of carbonyl (C=O) groups excluding carboxylic acids is 1. The quantitative estimate of drug-likeness (QED) is 0.343. The van der Waals surface area contributed by atoms with E-state index >= 15 is 0 Å². The number of nitro groups is 1. The van der Waals surface area contributed by atoms with Crippen LogP contribution in [-0.2, 0) is 11.2 Å². The summed E-state index contributed by atoms with van der Waals surface area (Å²) in [6, 6.07) is 7.18. The van der Waals surface area contributed by atoms with Gasteiger partial charge in [0, 0.05) is 11.3 Å². The molecule has 4 nitrogen and oxygen atoms in total. The molecule has 0 bridgehead atoms. The lowest BCUT2D eigenvalue weighted by atomic mass is 10.1. The van der Waals surface area contributed by atoms with E-state index in [2.05, 4.69) is 0 Å². The van der Waals surface area contributed by atoms with Gasteiger partial charge in [-0.05, 0) is 28.8 Å². The summed E-state index contributed by atoms with van der Waals surface area (Å²) in [6.45, 7) is -0.0956. The fraction of sp³-hybridized carbons (Fsp3) is 0.182. The van der Waals surface area contributed by atoms with Gasteiger partial charge in [0.15, 0.2) is 0 Å². The third kappa shape index (κ3) is 4.70. The van der Waals surface area contributed by atoms with Crippen LogP contribution in [0.25, 0.3) is 6.08 Å². The number of halogens is 1. The van der Waals surface area contributed by atoms with Gasteiger partial charge in [0.2, 0.25) is 11.8 Å². The van der Waals surface area contributed by atoms with E-state index in [1.165, 1.54) is 6.08 Å². The maximum absolute atomic E-state index is 10.5. The summed E-state index contributed by atoms with van der Waals surface area (Å²) < 4.78 is 0. The second-order valence-corrected chi connectivity index (χ2v) is 3.56. The molecule has 0 aliphatic carbocycles. The van der Waals surface area contributed by atoms with Crippen molar-refractivity contribution < 1.29 is 9.72 Å². The minimum atomic E-state index is -0.546. The average Bonchev–Trinajstić information content (AvgIpc) is 2.24. The van der Waals surface area contributed by atoms with Crippen molar-refractivity contribution in [2.45, 2.75) is 6.42 Å². The minimum absolute atomic E-state index is 0.0956. The summed E-state index contributed by atoms with van der Waals surface area (Å²) in [5, 5.41) is 9.66. The van der Waals surface area contributed by atoms with E-state index in [0.717, 1.165) is 11.1 Å². The van der Waals surface area contributed by atoms with Gasteiger partial charge in [0.25, 0.3) is 0 Å². The van der Waals surface area contributed by atoms with Crippen LogP contribution in [0.4, 0.5) is 0 Å². The molecule has 0 unspecified atom stereocenters. The normalized spacial score (nSPS) is 10.6. The Bertz CT molecular complexity index is 429. The van der Waals surface area contributed by atoms with Crippen LogP contribution in [0.15, 0.2) is 30.3 Å². The van der Waals surface area contributed by atoms with E-state index in [9.17, 15) is 14.9 Å². The molecule has 16 heavy (non-hydrogen) atoms. The van der Waals surface area contributed by atoms with Gasteiger partial charge in [-0.1, -0.05) is 30.3 Å². The van der Waals surface area contributed by atoms with E-state index in [4.69, 9.17) is 11.6 Å². The van der Waals surface area contributed by atoms with Crippen molar-refractivity contribution >= 4 is 22.9 Å². The molecule has 0 aliphatic heterocycles. The van der Waals surface area contributed by atoms with Crippen molar-refractivity contribution in [3.63, 3.8) is 0 Å². The monoisotopic (exact) mass is 239 g/mol. The molecule has 1 aromatic carbocycles. The Balaban J connectivity index is 2.71. The number of rotatable bonds is 5. The van der Waals surface area contributed by atoms with E-state index in [1.807, 2.05) is 6.07 Å². The number of benzene rings is 1. The lowest BCUT2D eigenvalue weighted by Gasteiger charge is -1.99. The van der Waals surface area contributed by atoms with Crippen LogP contribution in [0.3, 0.4) is 0 Å². The summed E-state index contributed by atoms with van der Waals surface area (Å²) in [6.07, 6.45) is 3.20. The van der Waals surface area contributed by atoms with Crippen LogP contribution in [0, 0.1) is 10.1 Å². The topological polar surface area (TPSA) is 60.2 Å². The van der Waals surface area contributed by atoms with Crippen LogP contribution in [-0.4, -0.2) is 16.7 Å². The Hall–Kier alpha value is -1.68. The molecule has 0 N–H and O–H groups in total.